The minimum Gasteiger partial charge on any atom is -0.311 e. The summed E-state index contributed by atoms with van der Waals surface area (Å²) in [6, 6.07) is 6.02. The van der Waals surface area contributed by atoms with E-state index in [2.05, 4.69) is 21.8 Å². The Balaban J connectivity index is 1.71. The number of nitrogens with one attached hydrogen (secondary N) is 1. The Labute approximate surface area is 109 Å². The van der Waals surface area contributed by atoms with Crippen molar-refractivity contribution in [2.24, 2.45) is 0 Å². The molecule has 0 aromatic carbocycles. The normalized spacial score (nSPS) is 10.4. The molecule has 0 aliphatic heterocycles. The SMILES string of the molecule is Cc1csc(CCNCc2ccc(C#N)s2)n1. The third kappa shape index (κ3) is 3.63. The van der Waals surface area contributed by atoms with Gasteiger partial charge in [0.2, 0.25) is 0 Å². The van der Waals surface area contributed by atoms with Gasteiger partial charge in [-0.3, -0.25) is 0 Å². The highest BCUT2D eigenvalue weighted by molar-refractivity contribution is 7.12. The zero-order valence-electron chi connectivity index (χ0n) is 9.56. The van der Waals surface area contributed by atoms with Crippen LogP contribution in [0.1, 0.15) is 20.5 Å². The Morgan fingerprint density at radius 2 is 2.35 bits per heavy atom. The molecule has 2 rings (SSSR count). The first-order chi connectivity index (χ1) is 8.28. The van der Waals surface area contributed by atoms with E-state index in [9.17, 15) is 0 Å². The van der Waals surface area contributed by atoms with E-state index in [0.29, 0.717) is 0 Å². The molecule has 2 aromatic heterocycles. The summed E-state index contributed by atoms with van der Waals surface area (Å²) < 4.78 is 0. The van der Waals surface area contributed by atoms with Crippen LogP contribution < -0.4 is 5.32 Å². The van der Waals surface area contributed by atoms with Crippen LogP contribution in [-0.2, 0) is 13.0 Å². The topological polar surface area (TPSA) is 48.7 Å². The maximum absolute atomic E-state index is 8.71. The molecule has 1 N–H and O–H groups in total. The van der Waals surface area contributed by atoms with Gasteiger partial charge in [0.1, 0.15) is 10.9 Å². The number of nitriles is 1. The van der Waals surface area contributed by atoms with E-state index < -0.39 is 0 Å². The summed E-state index contributed by atoms with van der Waals surface area (Å²) in [5.41, 5.74) is 1.10. The van der Waals surface area contributed by atoms with Crippen LogP contribution in [0.2, 0.25) is 0 Å². The van der Waals surface area contributed by atoms with Crippen LogP contribution in [0.25, 0.3) is 0 Å². The fraction of sp³-hybridized carbons (Fsp3) is 0.333. The van der Waals surface area contributed by atoms with E-state index in [0.717, 1.165) is 30.1 Å². The van der Waals surface area contributed by atoms with Crippen molar-refractivity contribution in [1.29, 1.82) is 5.26 Å². The second-order valence-corrected chi connectivity index (χ2v) is 5.80. The number of aromatic nitrogens is 1. The smallest absolute Gasteiger partial charge is 0.110 e. The van der Waals surface area contributed by atoms with Crippen LogP contribution in [0, 0.1) is 18.3 Å². The molecule has 88 valence electrons. The summed E-state index contributed by atoms with van der Waals surface area (Å²) in [4.78, 5) is 6.39. The number of rotatable bonds is 5. The summed E-state index contributed by atoms with van der Waals surface area (Å²) in [5.74, 6) is 0. The Morgan fingerprint density at radius 1 is 1.47 bits per heavy atom. The summed E-state index contributed by atoms with van der Waals surface area (Å²) in [6.45, 7) is 3.77. The average Bonchev–Trinajstić information content (AvgIpc) is 2.93. The molecule has 0 radical (unpaired) electrons. The molecular weight excluding hydrogens is 250 g/mol. The zero-order chi connectivity index (χ0) is 12.1. The van der Waals surface area contributed by atoms with Crippen molar-refractivity contribution in [2.75, 3.05) is 6.54 Å². The Bertz CT molecular complexity index is 522. The summed E-state index contributed by atoms with van der Waals surface area (Å²) in [5, 5.41) is 15.3. The standard InChI is InChI=1S/C12H13N3S2/c1-9-8-16-12(15-9)4-5-14-7-11-3-2-10(6-13)17-11/h2-3,8,14H,4-5,7H2,1H3. The molecular formula is C12H13N3S2. The molecule has 0 aliphatic rings. The van der Waals surface area contributed by atoms with Crippen LogP contribution >= 0.6 is 22.7 Å². The summed E-state index contributed by atoms with van der Waals surface area (Å²) in [6.07, 6.45) is 0.967. The number of thiophene rings is 1. The minimum atomic E-state index is 0.775. The number of aryl methyl sites for hydroxylation is 1. The second kappa shape index (κ2) is 5.92. The van der Waals surface area contributed by atoms with Crippen molar-refractivity contribution in [3.05, 3.63) is 38.0 Å². The lowest BCUT2D eigenvalue weighted by atomic mass is 10.4. The monoisotopic (exact) mass is 263 g/mol. The van der Waals surface area contributed by atoms with Gasteiger partial charge in [-0.25, -0.2) is 4.98 Å². The van der Waals surface area contributed by atoms with E-state index in [1.54, 1.807) is 22.7 Å². The van der Waals surface area contributed by atoms with Gasteiger partial charge in [-0.2, -0.15) is 5.26 Å². The Morgan fingerprint density at radius 3 is 3.00 bits per heavy atom. The number of hydrogen-bond donors (Lipinski definition) is 1. The first-order valence-electron chi connectivity index (χ1n) is 5.38. The molecule has 0 spiro atoms. The highest BCUT2D eigenvalue weighted by Crippen LogP contribution is 2.14. The molecule has 0 saturated heterocycles. The van der Waals surface area contributed by atoms with Crippen molar-refractivity contribution in [3.63, 3.8) is 0 Å². The Kier molecular flexibility index (Phi) is 4.26. The highest BCUT2D eigenvalue weighted by Gasteiger charge is 2.00. The first kappa shape index (κ1) is 12.2. The molecule has 0 saturated carbocycles. The molecule has 17 heavy (non-hydrogen) atoms. The van der Waals surface area contributed by atoms with Gasteiger partial charge in [0.15, 0.2) is 0 Å². The van der Waals surface area contributed by atoms with Crippen LogP contribution in [0.3, 0.4) is 0 Å². The molecule has 3 nitrogen and oxygen atoms in total. The third-order valence-corrected chi connectivity index (χ3v) is 4.27. The maximum Gasteiger partial charge on any atom is 0.110 e. The summed E-state index contributed by atoms with van der Waals surface area (Å²) >= 11 is 3.26. The second-order valence-electron chi connectivity index (χ2n) is 3.69. The van der Waals surface area contributed by atoms with Crippen LogP contribution in [0.5, 0.6) is 0 Å². The van der Waals surface area contributed by atoms with Crippen molar-refractivity contribution in [2.45, 2.75) is 19.9 Å². The van der Waals surface area contributed by atoms with Crippen LogP contribution in [0.4, 0.5) is 0 Å². The quantitative estimate of drug-likeness (QED) is 0.844. The lowest BCUT2D eigenvalue weighted by molar-refractivity contribution is 0.691. The van der Waals surface area contributed by atoms with Gasteiger partial charge in [0.05, 0.1) is 5.01 Å². The fourth-order valence-electron chi connectivity index (χ4n) is 1.46. The number of nitrogens with zero attached hydrogens (tertiary/aromatic N) is 2. The van der Waals surface area contributed by atoms with Gasteiger partial charge in [-0.15, -0.1) is 22.7 Å². The Hall–Kier alpha value is -1.22. The van der Waals surface area contributed by atoms with Crippen molar-refractivity contribution in [3.8, 4) is 6.07 Å². The van der Waals surface area contributed by atoms with Gasteiger partial charge in [0.25, 0.3) is 0 Å². The molecule has 5 heteroatoms. The third-order valence-electron chi connectivity index (χ3n) is 2.25. The molecule has 0 fully saturated rings. The van der Waals surface area contributed by atoms with Crippen molar-refractivity contribution in [1.82, 2.24) is 10.3 Å². The van der Waals surface area contributed by atoms with Gasteiger partial charge < -0.3 is 5.32 Å². The first-order valence-corrected chi connectivity index (χ1v) is 7.08. The van der Waals surface area contributed by atoms with E-state index in [1.165, 1.54) is 9.88 Å². The lowest BCUT2D eigenvalue weighted by Gasteiger charge is -2.00. The largest absolute Gasteiger partial charge is 0.311 e. The van der Waals surface area contributed by atoms with Crippen molar-refractivity contribution >= 4 is 22.7 Å². The molecule has 0 bridgehead atoms. The summed E-state index contributed by atoms with van der Waals surface area (Å²) in [7, 11) is 0. The van der Waals surface area contributed by atoms with E-state index in [4.69, 9.17) is 5.26 Å². The maximum atomic E-state index is 8.71. The van der Waals surface area contributed by atoms with Gasteiger partial charge in [-0.05, 0) is 19.1 Å². The molecule has 0 aliphatic carbocycles. The lowest BCUT2D eigenvalue weighted by Crippen LogP contribution is -2.15. The van der Waals surface area contributed by atoms with Gasteiger partial charge >= 0.3 is 0 Å². The van der Waals surface area contributed by atoms with E-state index >= 15 is 0 Å². The molecule has 0 atom stereocenters. The number of hydrogen-bond acceptors (Lipinski definition) is 5. The van der Waals surface area contributed by atoms with Gasteiger partial charge in [0, 0.05) is 35.5 Å². The molecule has 0 unspecified atom stereocenters. The van der Waals surface area contributed by atoms with E-state index in [-0.39, 0.29) is 0 Å². The predicted molar refractivity (Wildman–Crippen MR) is 71.3 cm³/mol. The molecule has 2 heterocycles. The number of thiazole rings is 1. The minimum absolute atomic E-state index is 0.775. The van der Waals surface area contributed by atoms with E-state index in [1.807, 2.05) is 19.1 Å². The molecule has 2 aromatic rings. The van der Waals surface area contributed by atoms with Crippen LogP contribution in [0.15, 0.2) is 17.5 Å². The highest BCUT2D eigenvalue weighted by atomic mass is 32.1. The zero-order valence-corrected chi connectivity index (χ0v) is 11.2. The average molecular weight is 263 g/mol. The fourth-order valence-corrected chi connectivity index (χ4v) is 3.01. The predicted octanol–water partition coefficient (Wildman–Crippen LogP) is 2.72. The van der Waals surface area contributed by atoms with Crippen LogP contribution in [-0.4, -0.2) is 11.5 Å². The van der Waals surface area contributed by atoms with Gasteiger partial charge in [-0.1, -0.05) is 0 Å². The van der Waals surface area contributed by atoms with Crippen molar-refractivity contribution < 1.29 is 0 Å². The molecule has 0 amide bonds.